The lowest BCUT2D eigenvalue weighted by Crippen LogP contribution is -2.53. The fraction of sp³-hybridized carbons (Fsp3) is 0.450. The third-order valence-corrected chi connectivity index (χ3v) is 5.01. The molecule has 0 bridgehead atoms. The summed E-state index contributed by atoms with van der Waals surface area (Å²) < 4.78 is 45.5. The fourth-order valence-corrected chi connectivity index (χ4v) is 3.68. The molecule has 1 aromatic heterocycles. The molecule has 0 saturated carbocycles. The van der Waals surface area contributed by atoms with Gasteiger partial charge >= 0.3 is 6.18 Å². The summed E-state index contributed by atoms with van der Waals surface area (Å²) in [6, 6.07) is 7.41. The number of aliphatic hydroxyl groups is 1. The molecule has 5 nitrogen and oxygen atoms in total. The quantitative estimate of drug-likeness (QED) is 0.834. The highest BCUT2D eigenvalue weighted by Gasteiger charge is 2.39. The Morgan fingerprint density at radius 2 is 1.89 bits per heavy atom. The normalized spacial score (nSPS) is 25.5. The maximum atomic E-state index is 12.8. The number of ether oxygens (including phenoxy) is 1. The number of halogens is 3. The summed E-state index contributed by atoms with van der Waals surface area (Å²) in [5, 5.41) is 14.5. The van der Waals surface area contributed by atoms with Crippen LogP contribution in [0.2, 0.25) is 0 Å². The van der Waals surface area contributed by atoms with Crippen LogP contribution in [0.4, 0.5) is 13.2 Å². The van der Waals surface area contributed by atoms with Crippen LogP contribution in [-0.4, -0.2) is 28.4 Å². The number of aryl methyl sites for hydroxylation is 1. The number of pyridine rings is 1. The molecule has 0 spiro atoms. The van der Waals surface area contributed by atoms with Crippen molar-refractivity contribution in [3.05, 3.63) is 64.1 Å². The van der Waals surface area contributed by atoms with Crippen molar-refractivity contribution >= 4 is 0 Å². The van der Waals surface area contributed by atoms with Crippen molar-refractivity contribution in [1.82, 2.24) is 9.88 Å². The van der Waals surface area contributed by atoms with Gasteiger partial charge in [-0.3, -0.25) is 4.79 Å². The maximum absolute atomic E-state index is 12.8. The molecule has 2 heterocycles. The van der Waals surface area contributed by atoms with E-state index < -0.39 is 17.3 Å². The highest BCUT2D eigenvalue weighted by molar-refractivity contribution is 5.30. The average molecular weight is 396 g/mol. The van der Waals surface area contributed by atoms with Crippen LogP contribution < -0.4 is 15.6 Å². The largest absolute Gasteiger partial charge is 0.490 e. The first-order valence-corrected chi connectivity index (χ1v) is 9.02. The number of hydrogen-bond donors (Lipinski definition) is 2. The maximum Gasteiger partial charge on any atom is 0.416 e. The lowest BCUT2D eigenvalue weighted by atomic mass is 9.79. The minimum Gasteiger partial charge on any atom is -0.490 e. The van der Waals surface area contributed by atoms with E-state index in [9.17, 15) is 23.1 Å². The molecule has 0 radical (unpaired) electrons. The Morgan fingerprint density at radius 1 is 1.21 bits per heavy atom. The minimum atomic E-state index is -4.41. The fourth-order valence-electron chi connectivity index (χ4n) is 3.68. The van der Waals surface area contributed by atoms with Crippen LogP contribution in [0.15, 0.2) is 47.4 Å². The molecule has 0 amide bonds. The lowest BCUT2D eigenvalue weighted by molar-refractivity contribution is -0.137. The number of aromatic nitrogens is 1. The van der Waals surface area contributed by atoms with Crippen molar-refractivity contribution in [3.63, 3.8) is 0 Å². The average Bonchev–Trinajstić information content (AvgIpc) is 2.61. The zero-order valence-electron chi connectivity index (χ0n) is 15.7. The van der Waals surface area contributed by atoms with E-state index in [4.69, 9.17) is 4.74 Å². The minimum absolute atomic E-state index is 0.0465. The molecule has 3 rings (SSSR count). The highest BCUT2D eigenvalue weighted by Crippen LogP contribution is 2.37. The summed E-state index contributed by atoms with van der Waals surface area (Å²) in [5.41, 5.74) is -1.67. The van der Waals surface area contributed by atoms with Gasteiger partial charge in [-0.2, -0.15) is 13.2 Å². The van der Waals surface area contributed by atoms with Gasteiger partial charge in [0.25, 0.3) is 0 Å². The third-order valence-electron chi connectivity index (χ3n) is 5.01. The van der Waals surface area contributed by atoms with Crippen LogP contribution in [-0.2, 0) is 18.8 Å². The van der Waals surface area contributed by atoms with E-state index in [2.05, 4.69) is 5.32 Å². The van der Waals surface area contributed by atoms with Gasteiger partial charge in [-0.1, -0.05) is 12.1 Å². The van der Waals surface area contributed by atoms with E-state index in [0.29, 0.717) is 24.2 Å². The summed E-state index contributed by atoms with van der Waals surface area (Å²) >= 11 is 0. The molecule has 0 unspecified atom stereocenters. The number of rotatable bonds is 4. The Bertz CT molecular complexity index is 880. The van der Waals surface area contributed by atoms with Gasteiger partial charge in [-0.15, -0.1) is 0 Å². The molecule has 2 N–H and O–H groups in total. The SMILES string of the molecule is C[C@H]1C[C@@](O)(c2ccc(C(F)(F)F)cc2)C[C@@H](COc2ccc(=O)n(C)c2)N1. The Hall–Kier alpha value is -2.32. The first-order valence-electron chi connectivity index (χ1n) is 9.02. The van der Waals surface area contributed by atoms with Crippen LogP contribution >= 0.6 is 0 Å². The summed E-state index contributed by atoms with van der Waals surface area (Å²) in [5.74, 6) is 0.528. The van der Waals surface area contributed by atoms with Crippen molar-refractivity contribution in [2.45, 2.75) is 43.6 Å². The summed E-state index contributed by atoms with van der Waals surface area (Å²) in [7, 11) is 1.62. The Morgan fingerprint density at radius 3 is 2.50 bits per heavy atom. The first kappa shape index (κ1) is 20.4. The second kappa shape index (κ2) is 7.60. The van der Waals surface area contributed by atoms with E-state index >= 15 is 0 Å². The van der Waals surface area contributed by atoms with Gasteiger partial charge in [0.2, 0.25) is 5.56 Å². The molecule has 152 valence electrons. The summed E-state index contributed by atoms with van der Waals surface area (Å²) in [6.45, 7) is 2.17. The Kier molecular flexibility index (Phi) is 5.54. The number of nitrogens with one attached hydrogen (secondary N) is 1. The van der Waals surface area contributed by atoms with Crippen molar-refractivity contribution < 1.29 is 23.0 Å². The van der Waals surface area contributed by atoms with Gasteiger partial charge < -0.3 is 19.7 Å². The van der Waals surface area contributed by atoms with E-state index in [1.807, 2.05) is 6.92 Å². The first-order chi connectivity index (χ1) is 13.1. The second-order valence-corrected chi connectivity index (χ2v) is 7.40. The van der Waals surface area contributed by atoms with Gasteiger partial charge in [-0.05, 0) is 43.5 Å². The number of alkyl halides is 3. The third kappa shape index (κ3) is 4.56. The molecule has 1 saturated heterocycles. The Balaban J connectivity index is 1.72. The van der Waals surface area contributed by atoms with Crippen molar-refractivity contribution in [3.8, 4) is 5.75 Å². The van der Waals surface area contributed by atoms with Gasteiger partial charge in [-0.25, -0.2) is 0 Å². The highest BCUT2D eigenvalue weighted by atomic mass is 19.4. The zero-order chi connectivity index (χ0) is 20.5. The van der Waals surface area contributed by atoms with Gasteiger partial charge in [0.1, 0.15) is 12.4 Å². The molecule has 2 aromatic rings. The van der Waals surface area contributed by atoms with E-state index in [0.717, 1.165) is 12.1 Å². The second-order valence-electron chi connectivity index (χ2n) is 7.40. The molecule has 1 aliphatic heterocycles. The van der Waals surface area contributed by atoms with Gasteiger partial charge in [0.15, 0.2) is 0 Å². The number of hydrogen-bond acceptors (Lipinski definition) is 4. The lowest BCUT2D eigenvalue weighted by Gasteiger charge is -2.41. The monoisotopic (exact) mass is 396 g/mol. The van der Waals surface area contributed by atoms with Crippen LogP contribution in [0, 0.1) is 0 Å². The van der Waals surface area contributed by atoms with Crippen molar-refractivity contribution in [1.29, 1.82) is 0 Å². The van der Waals surface area contributed by atoms with Crippen LogP contribution in [0.1, 0.15) is 30.9 Å². The topological polar surface area (TPSA) is 63.5 Å². The molecular formula is C20H23F3N2O3. The number of benzene rings is 1. The molecular weight excluding hydrogens is 373 g/mol. The molecule has 1 fully saturated rings. The van der Waals surface area contributed by atoms with Crippen molar-refractivity contribution in [2.75, 3.05) is 6.61 Å². The van der Waals surface area contributed by atoms with E-state index in [-0.39, 0.29) is 24.2 Å². The smallest absolute Gasteiger partial charge is 0.416 e. The summed E-state index contributed by atoms with van der Waals surface area (Å²) in [6.07, 6.45) is -2.14. The van der Waals surface area contributed by atoms with Crippen LogP contribution in [0.3, 0.4) is 0 Å². The molecule has 1 aliphatic rings. The van der Waals surface area contributed by atoms with E-state index in [1.54, 1.807) is 19.3 Å². The van der Waals surface area contributed by atoms with E-state index in [1.165, 1.54) is 22.8 Å². The summed E-state index contributed by atoms with van der Waals surface area (Å²) in [4.78, 5) is 11.4. The molecule has 8 heteroatoms. The predicted molar refractivity (Wildman–Crippen MR) is 98.1 cm³/mol. The van der Waals surface area contributed by atoms with Gasteiger partial charge in [0, 0.05) is 31.4 Å². The molecule has 28 heavy (non-hydrogen) atoms. The molecule has 0 aliphatic carbocycles. The predicted octanol–water partition coefficient (Wildman–Crippen LogP) is 2.81. The van der Waals surface area contributed by atoms with Crippen molar-refractivity contribution in [2.24, 2.45) is 7.05 Å². The zero-order valence-corrected chi connectivity index (χ0v) is 15.7. The molecule has 1 aromatic carbocycles. The van der Waals surface area contributed by atoms with Crippen LogP contribution in [0.5, 0.6) is 5.75 Å². The van der Waals surface area contributed by atoms with Crippen LogP contribution in [0.25, 0.3) is 0 Å². The Labute approximate surface area is 160 Å². The molecule has 3 atom stereocenters. The standard InChI is InChI=1S/C20H23F3N2O3/c1-13-9-19(27,14-3-5-15(6-4-14)20(21,22)23)10-16(24-13)12-28-17-7-8-18(26)25(2)11-17/h3-8,11,13,16,24,27H,9-10,12H2,1-2H3/t13-,16-,19-/m0/s1. The van der Waals surface area contributed by atoms with Gasteiger partial charge in [0.05, 0.1) is 11.2 Å². The number of nitrogens with zero attached hydrogens (tertiary/aromatic N) is 1. The number of piperidine rings is 1.